The molecule has 0 saturated carbocycles. The molecule has 0 saturated heterocycles. The molecule has 0 radical (unpaired) electrons. The first kappa shape index (κ1) is 17.7. The quantitative estimate of drug-likeness (QED) is 0.256. The van der Waals surface area contributed by atoms with Gasteiger partial charge in [0.2, 0.25) is 0 Å². The molecule has 110 valence electrons. The first-order valence-electron chi connectivity index (χ1n) is 5.99. The summed E-state index contributed by atoms with van der Waals surface area (Å²) in [5, 5.41) is 45.9. The molecule has 0 bridgehead atoms. The van der Waals surface area contributed by atoms with Crippen LogP contribution in [0, 0.1) is 0 Å². The van der Waals surface area contributed by atoms with Crippen molar-refractivity contribution in [3.05, 3.63) is 0 Å². The van der Waals surface area contributed by atoms with Crippen LogP contribution in [0.3, 0.4) is 0 Å². The van der Waals surface area contributed by atoms with E-state index in [-0.39, 0.29) is 52.5 Å². The lowest BCUT2D eigenvalue weighted by molar-refractivity contribution is -0.127. The Morgan fingerprint density at radius 3 is 1.94 bits per heavy atom. The highest BCUT2D eigenvalue weighted by Crippen LogP contribution is 2.18. The van der Waals surface area contributed by atoms with Crippen LogP contribution in [0.4, 0.5) is 0 Å². The zero-order valence-electron chi connectivity index (χ0n) is 10.5. The zero-order valence-corrected chi connectivity index (χ0v) is 10.5. The van der Waals surface area contributed by atoms with E-state index in [0.29, 0.717) is 0 Å². The topological polar surface area (TPSA) is 120 Å². The van der Waals surface area contributed by atoms with Gasteiger partial charge >= 0.3 is 0 Å². The van der Waals surface area contributed by atoms with E-state index in [4.69, 9.17) is 24.8 Å². The standard InChI is InChI=1S/C11H24O7/c12-3-7-17-5-1-10(15)11(16,9-14)2-6-18-8-4-13/h10,12-16H,1-9H2. The average Bonchev–Trinajstić information content (AvgIpc) is 2.39. The summed E-state index contributed by atoms with van der Waals surface area (Å²) < 4.78 is 9.95. The highest BCUT2D eigenvalue weighted by atomic mass is 16.5. The Morgan fingerprint density at radius 1 is 0.889 bits per heavy atom. The zero-order chi connectivity index (χ0) is 13.9. The summed E-state index contributed by atoms with van der Waals surface area (Å²) in [6.07, 6.45) is -0.930. The molecule has 0 fully saturated rings. The van der Waals surface area contributed by atoms with Gasteiger partial charge in [0.25, 0.3) is 0 Å². The molecule has 0 spiro atoms. The van der Waals surface area contributed by atoms with E-state index < -0.39 is 18.3 Å². The fourth-order valence-corrected chi connectivity index (χ4v) is 1.40. The summed E-state index contributed by atoms with van der Waals surface area (Å²) in [6.45, 7) is -0.171. The molecule has 2 unspecified atom stereocenters. The van der Waals surface area contributed by atoms with Crippen LogP contribution >= 0.6 is 0 Å². The van der Waals surface area contributed by atoms with Crippen LogP contribution in [-0.2, 0) is 9.47 Å². The predicted molar refractivity (Wildman–Crippen MR) is 63.1 cm³/mol. The van der Waals surface area contributed by atoms with Crippen molar-refractivity contribution in [3.8, 4) is 0 Å². The predicted octanol–water partition coefficient (Wildman–Crippen LogP) is -2.13. The minimum absolute atomic E-state index is 0.0602. The van der Waals surface area contributed by atoms with Gasteiger partial charge < -0.3 is 35.0 Å². The molecule has 7 heteroatoms. The smallest absolute Gasteiger partial charge is 0.116 e. The number of hydrogen-bond acceptors (Lipinski definition) is 7. The summed E-state index contributed by atoms with van der Waals surface area (Å²) in [4.78, 5) is 0. The molecule has 0 heterocycles. The average molecular weight is 268 g/mol. The fourth-order valence-electron chi connectivity index (χ4n) is 1.40. The molecular weight excluding hydrogens is 244 g/mol. The van der Waals surface area contributed by atoms with Gasteiger partial charge in [0.15, 0.2) is 0 Å². The van der Waals surface area contributed by atoms with E-state index in [1.54, 1.807) is 0 Å². The molecule has 18 heavy (non-hydrogen) atoms. The number of ether oxygens (including phenoxy) is 2. The number of rotatable bonds is 12. The van der Waals surface area contributed by atoms with Gasteiger partial charge in [-0.25, -0.2) is 0 Å². The third-order valence-electron chi connectivity index (χ3n) is 2.58. The van der Waals surface area contributed by atoms with Gasteiger partial charge in [0.05, 0.1) is 39.1 Å². The Hall–Kier alpha value is -0.280. The van der Waals surface area contributed by atoms with Gasteiger partial charge in [-0.1, -0.05) is 0 Å². The molecule has 0 aliphatic heterocycles. The SMILES string of the molecule is OCCOCCC(O)C(O)(CO)CCOCCO. The minimum Gasteiger partial charge on any atom is -0.394 e. The molecular formula is C11H24O7. The molecule has 0 amide bonds. The third-order valence-corrected chi connectivity index (χ3v) is 2.58. The van der Waals surface area contributed by atoms with Crippen LogP contribution in [0.2, 0.25) is 0 Å². The van der Waals surface area contributed by atoms with Gasteiger partial charge in [0, 0.05) is 19.6 Å². The Morgan fingerprint density at radius 2 is 1.44 bits per heavy atom. The molecule has 7 nitrogen and oxygen atoms in total. The number of hydrogen-bond donors (Lipinski definition) is 5. The van der Waals surface area contributed by atoms with Crippen molar-refractivity contribution in [3.63, 3.8) is 0 Å². The van der Waals surface area contributed by atoms with Crippen molar-refractivity contribution >= 4 is 0 Å². The van der Waals surface area contributed by atoms with Gasteiger partial charge in [0.1, 0.15) is 5.60 Å². The normalized spacial score (nSPS) is 16.5. The molecule has 0 aliphatic carbocycles. The van der Waals surface area contributed by atoms with E-state index in [2.05, 4.69) is 0 Å². The van der Waals surface area contributed by atoms with Crippen LogP contribution in [0.1, 0.15) is 12.8 Å². The summed E-state index contributed by atoms with van der Waals surface area (Å²) >= 11 is 0. The molecule has 0 rings (SSSR count). The van der Waals surface area contributed by atoms with Crippen molar-refractivity contribution in [2.24, 2.45) is 0 Å². The first-order valence-corrected chi connectivity index (χ1v) is 5.99. The second kappa shape index (κ2) is 10.6. The second-order valence-corrected chi connectivity index (χ2v) is 3.99. The van der Waals surface area contributed by atoms with Gasteiger partial charge in [-0.3, -0.25) is 0 Å². The number of aliphatic hydroxyl groups excluding tert-OH is 4. The van der Waals surface area contributed by atoms with Gasteiger partial charge in [-0.2, -0.15) is 0 Å². The Labute approximate surface area is 107 Å². The van der Waals surface area contributed by atoms with Gasteiger partial charge in [-0.15, -0.1) is 0 Å². The molecule has 0 aliphatic rings. The van der Waals surface area contributed by atoms with Crippen molar-refractivity contribution in [1.29, 1.82) is 0 Å². The van der Waals surface area contributed by atoms with Crippen molar-refractivity contribution < 1.29 is 35.0 Å². The van der Waals surface area contributed by atoms with E-state index in [9.17, 15) is 10.2 Å². The second-order valence-electron chi connectivity index (χ2n) is 3.99. The maximum atomic E-state index is 10.00. The van der Waals surface area contributed by atoms with E-state index in [1.807, 2.05) is 0 Å². The first-order chi connectivity index (χ1) is 8.60. The van der Waals surface area contributed by atoms with E-state index in [1.165, 1.54) is 0 Å². The summed E-state index contributed by atoms with van der Waals surface area (Å²) in [5.74, 6) is 0. The third kappa shape index (κ3) is 7.22. The Bertz CT molecular complexity index is 190. The van der Waals surface area contributed by atoms with Crippen LogP contribution in [-0.4, -0.2) is 83.5 Å². The maximum Gasteiger partial charge on any atom is 0.116 e. The molecule has 0 aromatic rings. The molecule has 5 N–H and O–H groups in total. The highest BCUT2D eigenvalue weighted by Gasteiger charge is 2.34. The summed E-state index contributed by atoms with van der Waals surface area (Å²) in [7, 11) is 0. The fraction of sp³-hybridized carbons (Fsp3) is 1.00. The number of aliphatic hydroxyl groups is 5. The Kier molecular flexibility index (Phi) is 10.5. The largest absolute Gasteiger partial charge is 0.394 e. The Balaban J connectivity index is 3.92. The summed E-state index contributed by atoms with van der Waals surface area (Å²) in [6, 6.07) is 0. The lowest BCUT2D eigenvalue weighted by atomic mass is 9.92. The highest BCUT2D eigenvalue weighted by molar-refractivity contribution is 4.85. The van der Waals surface area contributed by atoms with Crippen LogP contribution < -0.4 is 0 Å². The minimum atomic E-state index is -1.64. The molecule has 2 atom stereocenters. The molecule has 0 aromatic carbocycles. The lowest BCUT2D eigenvalue weighted by Crippen LogP contribution is -2.47. The van der Waals surface area contributed by atoms with Crippen LogP contribution in [0.25, 0.3) is 0 Å². The van der Waals surface area contributed by atoms with Crippen LogP contribution in [0.5, 0.6) is 0 Å². The van der Waals surface area contributed by atoms with Crippen LogP contribution in [0.15, 0.2) is 0 Å². The van der Waals surface area contributed by atoms with Crippen molar-refractivity contribution in [2.75, 3.05) is 46.2 Å². The van der Waals surface area contributed by atoms with Gasteiger partial charge in [-0.05, 0) is 6.42 Å². The van der Waals surface area contributed by atoms with Crippen molar-refractivity contribution in [1.82, 2.24) is 0 Å². The van der Waals surface area contributed by atoms with Crippen molar-refractivity contribution in [2.45, 2.75) is 24.5 Å². The van der Waals surface area contributed by atoms with E-state index >= 15 is 0 Å². The lowest BCUT2D eigenvalue weighted by Gasteiger charge is -2.31. The van der Waals surface area contributed by atoms with E-state index in [0.717, 1.165) is 0 Å². The summed E-state index contributed by atoms with van der Waals surface area (Å²) in [5.41, 5.74) is -1.64. The molecule has 0 aromatic heterocycles. The maximum absolute atomic E-state index is 10.00. The monoisotopic (exact) mass is 268 g/mol.